The monoisotopic (exact) mass is 394 g/mol. The van der Waals surface area contributed by atoms with Crippen LogP contribution in [0.5, 0.6) is 0 Å². The van der Waals surface area contributed by atoms with Gasteiger partial charge in [-0.25, -0.2) is 4.39 Å². The lowest BCUT2D eigenvalue weighted by molar-refractivity contribution is -0.146. The summed E-state index contributed by atoms with van der Waals surface area (Å²) in [6, 6.07) is 9.69. The zero-order valence-electron chi connectivity index (χ0n) is 15.1. The van der Waals surface area contributed by atoms with Crippen LogP contribution in [0.3, 0.4) is 0 Å². The molecule has 10 heteroatoms. The fourth-order valence-electron chi connectivity index (χ4n) is 3.42. The molecule has 28 heavy (non-hydrogen) atoms. The van der Waals surface area contributed by atoms with Gasteiger partial charge in [0.1, 0.15) is 11.6 Å². The lowest BCUT2D eigenvalue weighted by Crippen LogP contribution is -2.47. The Morgan fingerprint density at radius 3 is 2.25 bits per heavy atom. The van der Waals surface area contributed by atoms with Crippen LogP contribution >= 0.6 is 0 Å². The van der Waals surface area contributed by atoms with Gasteiger partial charge >= 0.3 is 6.18 Å². The van der Waals surface area contributed by atoms with E-state index in [-0.39, 0.29) is 17.5 Å². The van der Waals surface area contributed by atoms with Crippen molar-refractivity contribution in [3.05, 3.63) is 53.6 Å². The number of hydrogen-bond acceptors (Lipinski definition) is 5. The quantitative estimate of drug-likeness (QED) is 0.639. The van der Waals surface area contributed by atoms with Gasteiger partial charge in [0.2, 0.25) is 0 Å². The van der Waals surface area contributed by atoms with E-state index in [1.54, 1.807) is 18.2 Å². The van der Waals surface area contributed by atoms with Gasteiger partial charge in [-0.15, -0.1) is 15.3 Å². The zero-order valence-corrected chi connectivity index (χ0v) is 15.1. The van der Waals surface area contributed by atoms with Gasteiger partial charge in [-0.3, -0.25) is 4.90 Å². The van der Waals surface area contributed by atoms with E-state index in [1.165, 1.54) is 18.2 Å². The summed E-state index contributed by atoms with van der Waals surface area (Å²) in [5, 5.41) is 10.8. The van der Waals surface area contributed by atoms with Crippen molar-refractivity contribution in [2.24, 2.45) is 0 Å². The molecule has 0 radical (unpaired) electrons. The minimum absolute atomic E-state index is 0.0552. The van der Waals surface area contributed by atoms with Gasteiger partial charge in [0, 0.05) is 32.2 Å². The fraction of sp³-hybridized carbons (Fsp3) is 0.389. The second-order valence-electron chi connectivity index (χ2n) is 6.73. The molecule has 4 rings (SSSR count). The van der Waals surface area contributed by atoms with Crippen LogP contribution in [0.25, 0.3) is 5.65 Å². The first-order valence-corrected chi connectivity index (χ1v) is 8.87. The summed E-state index contributed by atoms with van der Waals surface area (Å²) in [4.78, 5) is 4.19. The Kier molecular flexibility index (Phi) is 4.66. The highest BCUT2D eigenvalue weighted by Crippen LogP contribution is 2.28. The van der Waals surface area contributed by atoms with E-state index in [0.717, 1.165) is 10.1 Å². The molecular weight excluding hydrogens is 376 g/mol. The molecule has 1 saturated heterocycles. The fourth-order valence-corrected chi connectivity index (χ4v) is 3.42. The SMILES string of the molecule is CC(c1ccc(F)cc1)N1CCN(c2ccc3nnc(C(F)(F)F)n3n2)CC1. The number of fused-ring (bicyclic) bond motifs is 1. The summed E-state index contributed by atoms with van der Waals surface area (Å²) in [6.45, 7) is 4.72. The van der Waals surface area contributed by atoms with Crippen LogP contribution in [-0.2, 0) is 6.18 Å². The lowest BCUT2D eigenvalue weighted by atomic mass is 10.1. The number of rotatable bonds is 3. The molecule has 1 aromatic carbocycles. The second kappa shape index (κ2) is 7.01. The topological polar surface area (TPSA) is 49.6 Å². The molecular formula is C18H18F4N6. The molecule has 2 aromatic heterocycles. The molecule has 1 aliphatic heterocycles. The Morgan fingerprint density at radius 2 is 1.61 bits per heavy atom. The molecule has 0 bridgehead atoms. The number of aromatic nitrogens is 4. The minimum Gasteiger partial charge on any atom is -0.353 e. The zero-order chi connectivity index (χ0) is 19.9. The Labute approximate surface area is 158 Å². The number of alkyl halides is 3. The van der Waals surface area contributed by atoms with Crippen molar-refractivity contribution >= 4 is 11.5 Å². The molecule has 1 fully saturated rings. The third kappa shape index (κ3) is 3.51. The van der Waals surface area contributed by atoms with E-state index >= 15 is 0 Å². The summed E-state index contributed by atoms with van der Waals surface area (Å²) < 4.78 is 53.0. The summed E-state index contributed by atoms with van der Waals surface area (Å²) in [6.07, 6.45) is -4.62. The Balaban J connectivity index is 1.48. The molecule has 0 amide bonds. The van der Waals surface area contributed by atoms with Crippen LogP contribution in [0.1, 0.15) is 24.4 Å². The molecule has 1 atom stereocenters. The van der Waals surface area contributed by atoms with Crippen LogP contribution in [0.2, 0.25) is 0 Å². The van der Waals surface area contributed by atoms with Gasteiger partial charge in [-0.2, -0.15) is 17.7 Å². The summed E-state index contributed by atoms with van der Waals surface area (Å²) in [5.74, 6) is -0.950. The first-order valence-electron chi connectivity index (χ1n) is 8.87. The predicted octanol–water partition coefficient (Wildman–Crippen LogP) is 3.17. The third-order valence-corrected chi connectivity index (χ3v) is 5.04. The highest BCUT2D eigenvalue weighted by molar-refractivity contribution is 5.46. The molecule has 0 saturated carbocycles. The van der Waals surface area contributed by atoms with Crippen molar-refractivity contribution in [3.63, 3.8) is 0 Å². The number of benzene rings is 1. The number of anilines is 1. The van der Waals surface area contributed by atoms with Gasteiger partial charge in [0.25, 0.3) is 5.82 Å². The third-order valence-electron chi connectivity index (χ3n) is 5.04. The Hall–Kier alpha value is -2.75. The first kappa shape index (κ1) is 18.6. The highest BCUT2D eigenvalue weighted by atomic mass is 19.4. The molecule has 6 nitrogen and oxygen atoms in total. The van der Waals surface area contributed by atoms with Gasteiger partial charge < -0.3 is 4.90 Å². The Morgan fingerprint density at radius 1 is 0.929 bits per heavy atom. The number of hydrogen-bond donors (Lipinski definition) is 0. The minimum atomic E-state index is -4.62. The van der Waals surface area contributed by atoms with Crippen molar-refractivity contribution in [3.8, 4) is 0 Å². The van der Waals surface area contributed by atoms with Crippen molar-refractivity contribution < 1.29 is 17.6 Å². The van der Waals surface area contributed by atoms with Crippen molar-refractivity contribution in [2.75, 3.05) is 31.1 Å². The van der Waals surface area contributed by atoms with Crippen LogP contribution in [-0.4, -0.2) is 50.9 Å². The van der Waals surface area contributed by atoms with Crippen molar-refractivity contribution in [1.29, 1.82) is 0 Å². The van der Waals surface area contributed by atoms with Crippen molar-refractivity contribution in [2.45, 2.75) is 19.1 Å². The lowest BCUT2D eigenvalue weighted by Gasteiger charge is -2.38. The standard InChI is InChI=1S/C18H18F4N6/c1-12(13-2-4-14(19)5-3-13)26-8-10-27(11-9-26)16-7-6-15-23-24-17(18(20,21)22)28(15)25-16/h2-7,12H,8-11H2,1H3. The predicted molar refractivity (Wildman–Crippen MR) is 94.4 cm³/mol. The average Bonchev–Trinajstić information content (AvgIpc) is 3.12. The molecule has 0 aliphatic carbocycles. The molecule has 3 heterocycles. The molecule has 1 aliphatic rings. The largest absolute Gasteiger partial charge is 0.453 e. The summed E-state index contributed by atoms with van der Waals surface area (Å²) >= 11 is 0. The van der Waals surface area contributed by atoms with E-state index in [0.29, 0.717) is 32.0 Å². The first-order chi connectivity index (χ1) is 13.3. The van der Waals surface area contributed by atoms with Crippen molar-refractivity contribution in [1.82, 2.24) is 24.7 Å². The van der Waals surface area contributed by atoms with E-state index in [9.17, 15) is 17.6 Å². The van der Waals surface area contributed by atoms with Gasteiger partial charge in [0.05, 0.1) is 0 Å². The molecule has 148 valence electrons. The highest BCUT2D eigenvalue weighted by Gasteiger charge is 2.38. The summed E-state index contributed by atoms with van der Waals surface area (Å²) in [5.41, 5.74) is 1.08. The number of halogens is 4. The smallest absolute Gasteiger partial charge is 0.353 e. The second-order valence-corrected chi connectivity index (χ2v) is 6.73. The normalized spacial score (nSPS) is 17.2. The van der Waals surface area contributed by atoms with Crippen LogP contribution in [0.4, 0.5) is 23.4 Å². The maximum absolute atomic E-state index is 13.1. The molecule has 1 unspecified atom stereocenters. The van der Waals surface area contributed by atoms with E-state index in [4.69, 9.17) is 0 Å². The van der Waals surface area contributed by atoms with Crippen LogP contribution < -0.4 is 4.90 Å². The van der Waals surface area contributed by atoms with Gasteiger partial charge in [-0.1, -0.05) is 12.1 Å². The maximum atomic E-state index is 13.1. The van der Waals surface area contributed by atoms with Gasteiger partial charge in [-0.05, 0) is 36.8 Å². The number of nitrogens with zero attached hydrogens (tertiary/aromatic N) is 6. The van der Waals surface area contributed by atoms with E-state index in [2.05, 4.69) is 27.1 Å². The Bertz CT molecular complexity index is 960. The molecule has 3 aromatic rings. The molecule has 0 spiro atoms. The van der Waals surface area contributed by atoms with Crippen LogP contribution in [0, 0.1) is 5.82 Å². The average molecular weight is 394 g/mol. The number of piperazine rings is 1. The maximum Gasteiger partial charge on any atom is 0.453 e. The van der Waals surface area contributed by atoms with E-state index in [1.807, 2.05) is 4.90 Å². The van der Waals surface area contributed by atoms with Gasteiger partial charge in [0.15, 0.2) is 5.65 Å². The van der Waals surface area contributed by atoms with Crippen LogP contribution in [0.15, 0.2) is 36.4 Å². The van der Waals surface area contributed by atoms with E-state index < -0.39 is 12.0 Å². The molecule has 0 N–H and O–H groups in total. The summed E-state index contributed by atoms with van der Waals surface area (Å²) in [7, 11) is 0.